The SMILES string of the molecule is O=C(CCc1ccccc1)NN1C(=O)c2ccccc2NC1c1ccc(O)cc1. The highest BCUT2D eigenvalue weighted by Crippen LogP contribution is 2.32. The minimum Gasteiger partial charge on any atom is -0.508 e. The van der Waals surface area contributed by atoms with E-state index in [1.54, 1.807) is 36.4 Å². The van der Waals surface area contributed by atoms with Crippen LogP contribution in [0.4, 0.5) is 5.69 Å². The molecule has 0 spiro atoms. The molecule has 0 fully saturated rings. The van der Waals surface area contributed by atoms with Gasteiger partial charge in [0.25, 0.3) is 5.91 Å². The summed E-state index contributed by atoms with van der Waals surface area (Å²) in [5.74, 6) is -0.396. The third kappa shape index (κ3) is 4.06. The lowest BCUT2D eigenvalue weighted by molar-refractivity contribution is -0.125. The molecule has 3 N–H and O–H groups in total. The second kappa shape index (κ2) is 8.06. The van der Waals surface area contributed by atoms with Crippen LogP contribution in [0, 0.1) is 0 Å². The van der Waals surface area contributed by atoms with Crippen molar-refractivity contribution in [2.75, 3.05) is 5.32 Å². The van der Waals surface area contributed by atoms with Crippen LogP contribution in [0.25, 0.3) is 0 Å². The maximum atomic E-state index is 13.1. The lowest BCUT2D eigenvalue weighted by Gasteiger charge is -2.37. The molecule has 0 saturated heterocycles. The highest BCUT2D eigenvalue weighted by molar-refractivity contribution is 6.02. The Bertz CT molecular complexity index is 1020. The van der Waals surface area contributed by atoms with Crippen LogP contribution in [0.5, 0.6) is 5.75 Å². The molecule has 3 aromatic rings. The molecule has 1 unspecified atom stereocenters. The molecule has 1 heterocycles. The molecule has 1 aliphatic heterocycles. The zero-order valence-electron chi connectivity index (χ0n) is 15.7. The van der Waals surface area contributed by atoms with E-state index in [-0.39, 0.29) is 24.0 Å². The summed E-state index contributed by atoms with van der Waals surface area (Å²) in [5, 5.41) is 14.2. The number of aryl methyl sites for hydroxylation is 1. The van der Waals surface area contributed by atoms with Crippen LogP contribution in [0.15, 0.2) is 78.9 Å². The minimum absolute atomic E-state index is 0.134. The highest BCUT2D eigenvalue weighted by atomic mass is 16.3. The summed E-state index contributed by atoms with van der Waals surface area (Å²) < 4.78 is 0. The molecule has 6 heteroatoms. The molecule has 146 valence electrons. The molecule has 2 amide bonds. The first kappa shape index (κ1) is 18.6. The van der Waals surface area contributed by atoms with Crippen LogP contribution in [0.3, 0.4) is 0 Å². The maximum Gasteiger partial charge on any atom is 0.276 e. The van der Waals surface area contributed by atoms with Crippen molar-refractivity contribution in [3.63, 3.8) is 0 Å². The van der Waals surface area contributed by atoms with Crippen molar-refractivity contribution in [1.29, 1.82) is 0 Å². The maximum absolute atomic E-state index is 13.1. The van der Waals surface area contributed by atoms with E-state index in [2.05, 4.69) is 10.7 Å². The van der Waals surface area contributed by atoms with Crippen LogP contribution in [-0.4, -0.2) is 21.9 Å². The average molecular weight is 387 g/mol. The first-order valence-electron chi connectivity index (χ1n) is 9.43. The summed E-state index contributed by atoms with van der Waals surface area (Å²) in [7, 11) is 0. The van der Waals surface area contributed by atoms with E-state index in [4.69, 9.17) is 0 Å². The number of hydrogen-bond donors (Lipinski definition) is 3. The van der Waals surface area contributed by atoms with Gasteiger partial charge in [-0.25, -0.2) is 5.01 Å². The number of para-hydroxylation sites is 1. The molecule has 0 bridgehead atoms. The van der Waals surface area contributed by atoms with E-state index in [9.17, 15) is 14.7 Å². The number of amides is 2. The first-order chi connectivity index (χ1) is 14.1. The number of nitrogens with one attached hydrogen (secondary N) is 2. The zero-order valence-corrected chi connectivity index (χ0v) is 15.7. The zero-order chi connectivity index (χ0) is 20.2. The van der Waals surface area contributed by atoms with E-state index in [0.717, 1.165) is 11.1 Å². The smallest absolute Gasteiger partial charge is 0.276 e. The van der Waals surface area contributed by atoms with Crippen molar-refractivity contribution < 1.29 is 14.7 Å². The van der Waals surface area contributed by atoms with Crippen molar-refractivity contribution in [1.82, 2.24) is 10.4 Å². The number of aromatic hydroxyl groups is 1. The second-order valence-corrected chi connectivity index (χ2v) is 6.88. The fourth-order valence-corrected chi connectivity index (χ4v) is 3.35. The predicted molar refractivity (Wildman–Crippen MR) is 110 cm³/mol. The molecule has 6 nitrogen and oxygen atoms in total. The van der Waals surface area contributed by atoms with Gasteiger partial charge in [0, 0.05) is 12.1 Å². The Morgan fingerprint density at radius 3 is 2.41 bits per heavy atom. The number of phenols is 1. The van der Waals surface area contributed by atoms with Crippen molar-refractivity contribution in [2.45, 2.75) is 19.0 Å². The standard InChI is InChI=1S/C23H21N3O3/c27-18-13-11-17(12-14-18)22-24-20-9-5-4-8-19(20)23(29)26(22)25-21(28)15-10-16-6-2-1-3-7-16/h1-9,11-14,22,24,27H,10,15H2,(H,25,28). The van der Waals surface area contributed by atoms with Gasteiger partial charge in [0.05, 0.1) is 5.56 Å². The Morgan fingerprint density at radius 1 is 0.966 bits per heavy atom. The molecule has 0 aliphatic carbocycles. The third-order valence-electron chi connectivity index (χ3n) is 4.86. The topological polar surface area (TPSA) is 81.7 Å². The number of benzene rings is 3. The summed E-state index contributed by atoms with van der Waals surface area (Å²) in [6.07, 6.45) is 0.263. The van der Waals surface area contributed by atoms with Gasteiger partial charge in [0.15, 0.2) is 0 Å². The van der Waals surface area contributed by atoms with Gasteiger partial charge in [-0.3, -0.25) is 15.0 Å². The molecule has 0 radical (unpaired) electrons. The normalized spacial score (nSPS) is 15.4. The number of nitrogens with zero attached hydrogens (tertiary/aromatic N) is 1. The van der Waals surface area contributed by atoms with Crippen LogP contribution in [0.1, 0.15) is 34.1 Å². The summed E-state index contributed by atoms with van der Waals surface area (Å²) in [6.45, 7) is 0. The Labute approximate surface area is 168 Å². The number of phenolic OH excluding ortho intramolecular Hbond substituents is 1. The average Bonchev–Trinajstić information content (AvgIpc) is 2.75. The molecule has 0 aromatic heterocycles. The molecular formula is C23H21N3O3. The number of carbonyl (C=O) groups is 2. The van der Waals surface area contributed by atoms with Crippen LogP contribution >= 0.6 is 0 Å². The molecule has 29 heavy (non-hydrogen) atoms. The van der Waals surface area contributed by atoms with Gasteiger partial charge in [-0.05, 0) is 41.8 Å². The van der Waals surface area contributed by atoms with Gasteiger partial charge >= 0.3 is 0 Å². The largest absolute Gasteiger partial charge is 0.508 e. The molecule has 1 aliphatic rings. The van der Waals surface area contributed by atoms with E-state index in [1.165, 1.54) is 5.01 Å². The minimum atomic E-state index is -0.585. The number of carbonyl (C=O) groups excluding carboxylic acids is 2. The van der Waals surface area contributed by atoms with Gasteiger partial charge in [0.1, 0.15) is 11.9 Å². The van der Waals surface area contributed by atoms with E-state index in [0.29, 0.717) is 17.7 Å². The fraction of sp³-hybridized carbons (Fsp3) is 0.130. The van der Waals surface area contributed by atoms with Crippen molar-refractivity contribution in [3.8, 4) is 5.75 Å². The van der Waals surface area contributed by atoms with Gasteiger partial charge < -0.3 is 10.4 Å². The van der Waals surface area contributed by atoms with Gasteiger partial charge in [-0.2, -0.15) is 0 Å². The Balaban J connectivity index is 1.56. The first-order valence-corrected chi connectivity index (χ1v) is 9.43. The second-order valence-electron chi connectivity index (χ2n) is 6.88. The fourth-order valence-electron chi connectivity index (χ4n) is 3.35. The Morgan fingerprint density at radius 2 is 1.66 bits per heavy atom. The summed E-state index contributed by atoms with van der Waals surface area (Å²) in [4.78, 5) is 25.7. The third-order valence-corrected chi connectivity index (χ3v) is 4.86. The molecule has 3 aromatic carbocycles. The summed E-state index contributed by atoms with van der Waals surface area (Å²) >= 11 is 0. The lowest BCUT2D eigenvalue weighted by Crippen LogP contribution is -2.52. The number of hydrogen-bond acceptors (Lipinski definition) is 4. The van der Waals surface area contributed by atoms with Crippen LogP contribution < -0.4 is 10.7 Å². The van der Waals surface area contributed by atoms with Crippen molar-refractivity contribution in [3.05, 3.63) is 95.6 Å². The van der Waals surface area contributed by atoms with Gasteiger partial charge in [-0.15, -0.1) is 0 Å². The summed E-state index contributed by atoms with van der Waals surface area (Å²) in [6, 6.07) is 23.5. The van der Waals surface area contributed by atoms with E-state index < -0.39 is 6.17 Å². The lowest BCUT2D eigenvalue weighted by atomic mass is 10.0. The number of rotatable bonds is 5. The molecule has 0 saturated carbocycles. The number of fused-ring (bicyclic) bond motifs is 1. The van der Waals surface area contributed by atoms with Crippen molar-refractivity contribution in [2.24, 2.45) is 0 Å². The Hall–Kier alpha value is -3.80. The van der Waals surface area contributed by atoms with Crippen molar-refractivity contribution >= 4 is 17.5 Å². The number of anilines is 1. The van der Waals surface area contributed by atoms with E-state index >= 15 is 0 Å². The quantitative estimate of drug-likeness (QED) is 0.625. The molecule has 4 rings (SSSR count). The Kier molecular flexibility index (Phi) is 5.16. The molecule has 1 atom stereocenters. The molecular weight excluding hydrogens is 366 g/mol. The number of hydrazine groups is 1. The summed E-state index contributed by atoms with van der Waals surface area (Å²) in [5.41, 5.74) is 5.76. The van der Waals surface area contributed by atoms with E-state index in [1.807, 2.05) is 42.5 Å². The van der Waals surface area contributed by atoms with Crippen LogP contribution in [0.2, 0.25) is 0 Å². The van der Waals surface area contributed by atoms with Gasteiger partial charge in [-0.1, -0.05) is 54.6 Å². The highest BCUT2D eigenvalue weighted by Gasteiger charge is 2.34. The van der Waals surface area contributed by atoms with Crippen LogP contribution in [-0.2, 0) is 11.2 Å². The monoisotopic (exact) mass is 387 g/mol. The van der Waals surface area contributed by atoms with Gasteiger partial charge in [0.2, 0.25) is 5.91 Å². The predicted octanol–water partition coefficient (Wildman–Crippen LogP) is 3.62.